The molecule has 6 heteroatoms. The Morgan fingerprint density at radius 1 is 1.64 bits per heavy atom. The molecular formula is C8H5F2IN2O. The Morgan fingerprint density at radius 2 is 2.29 bits per heavy atom. The van der Waals surface area contributed by atoms with E-state index in [-0.39, 0.29) is 20.4 Å². The molecule has 0 unspecified atom stereocenters. The van der Waals surface area contributed by atoms with Crippen molar-refractivity contribution in [1.29, 1.82) is 5.26 Å². The third kappa shape index (κ3) is 1.99. The predicted octanol–water partition coefficient (Wildman–Crippen LogP) is 1.99. The van der Waals surface area contributed by atoms with Crippen LogP contribution in [0.2, 0.25) is 0 Å². The zero-order chi connectivity index (χ0) is 10.7. The van der Waals surface area contributed by atoms with Gasteiger partial charge in [0.25, 0.3) is 6.43 Å². The molecule has 0 bridgehead atoms. The van der Waals surface area contributed by atoms with Crippen LogP contribution in [-0.4, -0.2) is 10.1 Å². The number of halogens is 3. The second-order valence-electron chi connectivity index (χ2n) is 2.42. The topological polar surface area (TPSA) is 56.9 Å². The molecule has 1 rings (SSSR count). The molecule has 0 aromatic carbocycles. The van der Waals surface area contributed by atoms with Gasteiger partial charge >= 0.3 is 0 Å². The van der Waals surface area contributed by atoms with Gasteiger partial charge in [-0.25, -0.2) is 13.8 Å². The van der Waals surface area contributed by atoms with E-state index < -0.39 is 13.0 Å². The molecule has 1 aromatic heterocycles. The van der Waals surface area contributed by atoms with Crippen molar-refractivity contribution in [2.75, 3.05) is 0 Å². The summed E-state index contributed by atoms with van der Waals surface area (Å²) in [6.07, 6.45) is -1.51. The largest absolute Gasteiger partial charge is 0.392 e. The highest BCUT2D eigenvalue weighted by Gasteiger charge is 2.20. The van der Waals surface area contributed by atoms with Crippen molar-refractivity contribution in [3.8, 4) is 6.07 Å². The van der Waals surface area contributed by atoms with Crippen molar-refractivity contribution >= 4 is 22.6 Å². The fourth-order valence-corrected chi connectivity index (χ4v) is 1.73. The van der Waals surface area contributed by atoms with Gasteiger partial charge in [-0.05, 0) is 22.6 Å². The van der Waals surface area contributed by atoms with E-state index in [2.05, 4.69) is 4.98 Å². The maximum atomic E-state index is 12.5. The van der Waals surface area contributed by atoms with Gasteiger partial charge in [0, 0.05) is 20.9 Å². The van der Waals surface area contributed by atoms with Gasteiger partial charge in [-0.15, -0.1) is 0 Å². The van der Waals surface area contributed by atoms with E-state index in [9.17, 15) is 8.78 Å². The smallest absolute Gasteiger partial charge is 0.265 e. The highest BCUT2D eigenvalue weighted by molar-refractivity contribution is 14.1. The van der Waals surface area contributed by atoms with Crippen molar-refractivity contribution in [1.82, 2.24) is 4.98 Å². The van der Waals surface area contributed by atoms with Gasteiger partial charge in [-0.2, -0.15) is 5.26 Å². The predicted molar refractivity (Wildman–Crippen MR) is 52.5 cm³/mol. The monoisotopic (exact) mass is 310 g/mol. The van der Waals surface area contributed by atoms with Crippen molar-refractivity contribution in [3.63, 3.8) is 0 Å². The molecule has 0 amide bonds. The van der Waals surface area contributed by atoms with Gasteiger partial charge in [0.15, 0.2) is 0 Å². The second-order valence-corrected chi connectivity index (χ2v) is 3.58. The lowest BCUT2D eigenvalue weighted by atomic mass is 10.1. The fraction of sp³-hybridized carbons (Fsp3) is 0.250. The van der Waals surface area contributed by atoms with E-state index in [4.69, 9.17) is 10.4 Å². The first-order valence-corrected chi connectivity index (χ1v) is 4.66. The Kier molecular flexibility index (Phi) is 3.71. The summed E-state index contributed by atoms with van der Waals surface area (Å²) >= 11 is 1.69. The normalized spacial score (nSPS) is 10.3. The molecule has 0 saturated carbocycles. The summed E-state index contributed by atoms with van der Waals surface area (Å²) in [7, 11) is 0. The van der Waals surface area contributed by atoms with Crippen LogP contribution in [0.3, 0.4) is 0 Å². The lowest BCUT2D eigenvalue weighted by molar-refractivity contribution is 0.146. The number of aliphatic hydroxyl groups is 1. The van der Waals surface area contributed by atoms with Crippen LogP contribution in [0.15, 0.2) is 6.20 Å². The number of aliphatic hydroxyl groups excluding tert-OH is 1. The number of hydrogen-bond acceptors (Lipinski definition) is 3. The summed E-state index contributed by atoms with van der Waals surface area (Å²) in [4.78, 5) is 3.65. The number of nitrogens with zero attached hydrogens (tertiary/aromatic N) is 2. The molecule has 14 heavy (non-hydrogen) atoms. The third-order valence-corrected chi connectivity index (χ3v) is 2.52. The van der Waals surface area contributed by atoms with Gasteiger partial charge in [0.05, 0.1) is 6.61 Å². The number of rotatable bonds is 2. The molecule has 1 aromatic rings. The van der Waals surface area contributed by atoms with Gasteiger partial charge in [-0.1, -0.05) is 0 Å². The molecule has 1 heterocycles. The summed E-state index contributed by atoms with van der Waals surface area (Å²) in [5, 5.41) is 17.5. The summed E-state index contributed by atoms with van der Waals surface area (Å²) < 4.78 is 25.3. The SMILES string of the molecule is N#Cc1ncc(I)c(C(F)F)c1CO. The highest BCUT2D eigenvalue weighted by Crippen LogP contribution is 2.28. The van der Waals surface area contributed by atoms with E-state index in [0.717, 1.165) is 0 Å². The molecule has 0 saturated heterocycles. The van der Waals surface area contributed by atoms with Crippen LogP contribution in [0.4, 0.5) is 8.78 Å². The number of aromatic nitrogens is 1. The van der Waals surface area contributed by atoms with Crippen LogP contribution in [0.1, 0.15) is 23.2 Å². The van der Waals surface area contributed by atoms with Crippen molar-refractivity contribution in [2.24, 2.45) is 0 Å². The molecule has 0 aliphatic carbocycles. The number of pyridine rings is 1. The van der Waals surface area contributed by atoms with Gasteiger partial charge in [0.1, 0.15) is 11.8 Å². The molecule has 3 nitrogen and oxygen atoms in total. The number of nitriles is 1. The van der Waals surface area contributed by atoms with Crippen LogP contribution in [-0.2, 0) is 6.61 Å². The molecule has 0 spiro atoms. The second kappa shape index (κ2) is 4.61. The first-order valence-electron chi connectivity index (χ1n) is 3.58. The minimum Gasteiger partial charge on any atom is -0.392 e. The molecule has 74 valence electrons. The van der Waals surface area contributed by atoms with E-state index >= 15 is 0 Å². The van der Waals surface area contributed by atoms with Gasteiger partial charge in [-0.3, -0.25) is 0 Å². The molecule has 0 atom stereocenters. The van der Waals surface area contributed by atoms with Crippen LogP contribution in [0, 0.1) is 14.9 Å². The summed E-state index contributed by atoms with van der Waals surface area (Å²) in [5.74, 6) is 0. The van der Waals surface area contributed by atoms with E-state index in [1.807, 2.05) is 0 Å². The van der Waals surface area contributed by atoms with Gasteiger partial charge in [0.2, 0.25) is 0 Å². The van der Waals surface area contributed by atoms with Crippen molar-refractivity contribution in [3.05, 3.63) is 26.6 Å². The van der Waals surface area contributed by atoms with E-state index in [1.165, 1.54) is 6.20 Å². The quantitative estimate of drug-likeness (QED) is 0.850. The molecular weight excluding hydrogens is 305 g/mol. The average Bonchev–Trinajstić information content (AvgIpc) is 2.16. The van der Waals surface area contributed by atoms with Crippen molar-refractivity contribution < 1.29 is 13.9 Å². The zero-order valence-electron chi connectivity index (χ0n) is 6.84. The van der Waals surface area contributed by atoms with Crippen LogP contribution < -0.4 is 0 Å². The Bertz CT molecular complexity index is 390. The minimum atomic E-state index is -2.71. The Hall–Kier alpha value is -0.810. The van der Waals surface area contributed by atoms with E-state index in [1.54, 1.807) is 28.7 Å². The highest BCUT2D eigenvalue weighted by atomic mass is 127. The van der Waals surface area contributed by atoms with Crippen LogP contribution in [0.25, 0.3) is 0 Å². The fourth-order valence-electron chi connectivity index (χ4n) is 1.03. The van der Waals surface area contributed by atoms with E-state index in [0.29, 0.717) is 0 Å². The molecule has 0 radical (unpaired) electrons. The number of alkyl halides is 2. The maximum absolute atomic E-state index is 12.5. The average molecular weight is 310 g/mol. The molecule has 0 aliphatic rings. The molecule has 0 aliphatic heterocycles. The first-order chi connectivity index (χ1) is 6.61. The standard InChI is InChI=1S/C8H5F2IN2O/c9-8(10)7-4(3-14)6(1-12)13-2-5(7)11/h2,8,14H,3H2. The summed E-state index contributed by atoms with van der Waals surface area (Å²) in [6.45, 7) is -0.605. The minimum absolute atomic E-state index is 0.0885. The molecule has 0 fully saturated rings. The van der Waals surface area contributed by atoms with Crippen molar-refractivity contribution in [2.45, 2.75) is 13.0 Å². The van der Waals surface area contributed by atoms with Gasteiger partial charge < -0.3 is 5.11 Å². The maximum Gasteiger partial charge on any atom is 0.265 e. The summed E-state index contributed by atoms with van der Waals surface area (Å²) in [6, 6.07) is 1.66. The molecule has 1 N–H and O–H groups in total. The lowest BCUT2D eigenvalue weighted by Gasteiger charge is -2.09. The first kappa shape index (κ1) is 11.3. The third-order valence-electron chi connectivity index (χ3n) is 1.66. The Balaban J connectivity index is 3.45. The summed E-state index contributed by atoms with van der Waals surface area (Å²) in [5.41, 5.74) is -0.544. The van der Waals surface area contributed by atoms with Crippen LogP contribution >= 0.6 is 22.6 Å². The Morgan fingerprint density at radius 3 is 2.71 bits per heavy atom. The number of hydrogen-bond donors (Lipinski definition) is 1. The Labute approximate surface area is 92.5 Å². The van der Waals surface area contributed by atoms with Crippen LogP contribution in [0.5, 0.6) is 0 Å². The lowest BCUT2D eigenvalue weighted by Crippen LogP contribution is -2.03. The zero-order valence-corrected chi connectivity index (χ0v) is 8.99.